The van der Waals surface area contributed by atoms with E-state index in [4.69, 9.17) is 10.5 Å². The number of rotatable bonds is 2. The molecule has 1 saturated heterocycles. The number of nitrogen functional groups attached to an aromatic ring is 1. The van der Waals surface area contributed by atoms with E-state index in [1.54, 1.807) is 4.90 Å². The van der Waals surface area contributed by atoms with Gasteiger partial charge in [-0.15, -0.1) is 0 Å². The third kappa shape index (κ3) is 2.49. The van der Waals surface area contributed by atoms with E-state index in [2.05, 4.69) is 4.90 Å². The third-order valence-corrected chi connectivity index (χ3v) is 3.69. The van der Waals surface area contributed by atoms with Crippen LogP contribution in [0.2, 0.25) is 0 Å². The molecule has 0 atom stereocenters. The van der Waals surface area contributed by atoms with Crippen LogP contribution in [0.4, 0.5) is 11.4 Å². The number of carbonyl (C=O) groups is 1. The van der Waals surface area contributed by atoms with Gasteiger partial charge < -0.3 is 20.3 Å². The molecular weight excluding hydrogens is 254 g/mol. The highest BCUT2D eigenvalue weighted by atomic mass is 16.5. The minimum Gasteiger partial charge on any atom is -0.399 e. The zero-order chi connectivity index (χ0) is 13.9. The van der Waals surface area contributed by atoms with Crippen molar-refractivity contribution >= 4 is 17.3 Å². The lowest BCUT2D eigenvalue weighted by molar-refractivity contribution is -0.117. The zero-order valence-corrected chi connectivity index (χ0v) is 11.4. The lowest BCUT2D eigenvalue weighted by Crippen LogP contribution is -2.45. The van der Waals surface area contributed by atoms with Crippen LogP contribution >= 0.6 is 0 Å². The van der Waals surface area contributed by atoms with E-state index in [1.807, 2.05) is 30.3 Å². The molecule has 0 spiro atoms. The van der Waals surface area contributed by atoms with E-state index < -0.39 is 0 Å². The van der Waals surface area contributed by atoms with E-state index in [-0.39, 0.29) is 5.91 Å². The maximum absolute atomic E-state index is 12.7. The van der Waals surface area contributed by atoms with Crippen LogP contribution in [0.3, 0.4) is 0 Å². The van der Waals surface area contributed by atoms with Crippen molar-refractivity contribution in [3.8, 4) is 0 Å². The average molecular weight is 273 g/mol. The SMILES string of the molecule is Nc1cccc(N2CCC=C(N3CCOCC3)C2=O)c1. The van der Waals surface area contributed by atoms with Crippen molar-refractivity contribution in [2.24, 2.45) is 0 Å². The minimum atomic E-state index is 0.0590. The van der Waals surface area contributed by atoms with Gasteiger partial charge in [-0.25, -0.2) is 0 Å². The van der Waals surface area contributed by atoms with Crippen molar-refractivity contribution in [3.63, 3.8) is 0 Å². The van der Waals surface area contributed by atoms with Gasteiger partial charge in [-0.3, -0.25) is 4.79 Å². The number of anilines is 2. The van der Waals surface area contributed by atoms with E-state index >= 15 is 0 Å². The summed E-state index contributed by atoms with van der Waals surface area (Å²) in [4.78, 5) is 16.6. The number of benzene rings is 1. The van der Waals surface area contributed by atoms with E-state index in [0.29, 0.717) is 25.4 Å². The monoisotopic (exact) mass is 273 g/mol. The number of nitrogens with two attached hydrogens (primary N) is 1. The Labute approximate surface area is 118 Å². The quantitative estimate of drug-likeness (QED) is 0.823. The van der Waals surface area contributed by atoms with Crippen LogP contribution in [0.5, 0.6) is 0 Å². The molecule has 0 radical (unpaired) electrons. The number of morpholine rings is 1. The fourth-order valence-corrected chi connectivity index (χ4v) is 2.67. The van der Waals surface area contributed by atoms with Gasteiger partial charge in [-0.1, -0.05) is 12.1 Å². The molecule has 0 saturated carbocycles. The summed E-state index contributed by atoms with van der Waals surface area (Å²) in [5.74, 6) is 0.0590. The highest BCUT2D eigenvalue weighted by Gasteiger charge is 2.28. The first-order valence-electron chi connectivity index (χ1n) is 6.96. The molecule has 5 nitrogen and oxygen atoms in total. The summed E-state index contributed by atoms with van der Waals surface area (Å²) in [6, 6.07) is 7.48. The molecule has 2 aliphatic heterocycles. The van der Waals surface area contributed by atoms with Gasteiger partial charge in [0.2, 0.25) is 0 Å². The van der Waals surface area contributed by atoms with Crippen molar-refractivity contribution in [1.29, 1.82) is 0 Å². The largest absolute Gasteiger partial charge is 0.399 e. The molecule has 0 aromatic heterocycles. The summed E-state index contributed by atoms with van der Waals surface area (Å²) in [5.41, 5.74) is 8.15. The van der Waals surface area contributed by atoms with Gasteiger partial charge in [0.25, 0.3) is 5.91 Å². The highest BCUT2D eigenvalue weighted by molar-refractivity contribution is 6.06. The van der Waals surface area contributed by atoms with Crippen LogP contribution in [0.1, 0.15) is 6.42 Å². The fourth-order valence-electron chi connectivity index (χ4n) is 2.67. The van der Waals surface area contributed by atoms with Crippen LogP contribution in [-0.4, -0.2) is 43.7 Å². The molecule has 2 heterocycles. The molecule has 1 amide bonds. The molecule has 0 unspecified atom stereocenters. The number of amides is 1. The summed E-state index contributed by atoms with van der Waals surface area (Å²) in [6.07, 6.45) is 2.91. The number of nitrogens with zero attached hydrogens (tertiary/aromatic N) is 2. The second kappa shape index (κ2) is 5.54. The van der Waals surface area contributed by atoms with Gasteiger partial charge in [-0.05, 0) is 24.6 Å². The Morgan fingerprint density at radius 2 is 1.95 bits per heavy atom. The van der Waals surface area contributed by atoms with Crippen molar-refractivity contribution < 1.29 is 9.53 Å². The standard InChI is InChI=1S/C15H19N3O2/c16-12-3-1-4-13(11-12)18-6-2-5-14(15(18)19)17-7-9-20-10-8-17/h1,3-5,11H,2,6-10,16H2. The topological polar surface area (TPSA) is 58.8 Å². The van der Waals surface area contributed by atoms with Crippen molar-refractivity contribution in [1.82, 2.24) is 4.90 Å². The molecule has 2 aliphatic rings. The smallest absolute Gasteiger partial charge is 0.274 e. The average Bonchev–Trinajstić information content (AvgIpc) is 2.48. The van der Waals surface area contributed by atoms with Gasteiger partial charge in [0.15, 0.2) is 0 Å². The first kappa shape index (κ1) is 13.0. The van der Waals surface area contributed by atoms with Gasteiger partial charge in [0, 0.05) is 31.0 Å². The maximum atomic E-state index is 12.7. The normalized spacial score (nSPS) is 20.0. The molecular formula is C15H19N3O2. The molecule has 0 aliphatic carbocycles. The molecule has 0 bridgehead atoms. The number of hydrogen-bond donors (Lipinski definition) is 1. The first-order chi connectivity index (χ1) is 9.75. The van der Waals surface area contributed by atoms with Crippen molar-refractivity contribution in [2.75, 3.05) is 43.5 Å². The first-order valence-corrected chi connectivity index (χ1v) is 6.96. The van der Waals surface area contributed by atoms with Crippen LogP contribution in [0.15, 0.2) is 36.0 Å². The highest BCUT2D eigenvalue weighted by Crippen LogP contribution is 2.24. The summed E-state index contributed by atoms with van der Waals surface area (Å²) in [6.45, 7) is 3.63. The second-order valence-electron chi connectivity index (χ2n) is 5.03. The molecule has 5 heteroatoms. The van der Waals surface area contributed by atoms with E-state index in [1.165, 1.54) is 0 Å². The van der Waals surface area contributed by atoms with Gasteiger partial charge >= 0.3 is 0 Å². The third-order valence-electron chi connectivity index (χ3n) is 3.69. The Morgan fingerprint density at radius 3 is 2.70 bits per heavy atom. The van der Waals surface area contributed by atoms with Gasteiger partial charge in [-0.2, -0.15) is 0 Å². The number of carbonyl (C=O) groups excluding carboxylic acids is 1. The zero-order valence-electron chi connectivity index (χ0n) is 11.4. The van der Waals surface area contributed by atoms with Crippen molar-refractivity contribution in [2.45, 2.75) is 6.42 Å². The Morgan fingerprint density at radius 1 is 1.15 bits per heavy atom. The Kier molecular flexibility index (Phi) is 3.60. The van der Waals surface area contributed by atoms with Gasteiger partial charge in [0.05, 0.1) is 18.9 Å². The Hall–Kier alpha value is -2.01. The molecule has 1 aromatic carbocycles. The summed E-state index contributed by atoms with van der Waals surface area (Å²) < 4.78 is 5.34. The van der Waals surface area contributed by atoms with E-state index in [0.717, 1.165) is 30.9 Å². The Balaban J connectivity index is 1.82. The molecule has 3 rings (SSSR count). The lowest BCUT2D eigenvalue weighted by Gasteiger charge is -2.35. The minimum absolute atomic E-state index is 0.0590. The molecule has 1 aromatic rings. The molecule has 2 N–H and O–H groups in total. The molecule has 1 fully saturated rings. The predicted octanol–water partition coefficient (Wildman–Crippen LogP) is 1.22. The molecule has 106 valence electrons. The van der Waals surface area contributed by atoms with E-state index in [9.17, 15) is 4.79 Å². The summed E-state index contributed by atoms with van der Waals surface area (Å²) >= 11 is 0. The summed E-state index contributed by atoms with van der Waals surface area (Å²) in [7, 11) is 0. The predicted molar refractivity (Wildman–Crippen MR) is 78.3 cm³/mol. The lowest BCUT2D eigenvalue weighted by atomic mass is 10.1. The van der Waals surface area contributed by atoms with Crippen molar-refractivity contribution in [3.05, 3.63) is 36.0 Å². The van der Waals surface area contributed by atoms with Crippen LogP contribution < -0.4 is 10.6 Å². The number of hydrogen-bond acceptors (Lipinski definition) is 4. The van der Waals surface area contributed by atoms with Crippen LogP contribution in [0.25, 0.3) is 0 Å². The van der Waals surface area contributed by atoms with Crippen LogP contribution in [-0.2, 0) is 9.53 Å². The second-order valence-corrected chi connectivity index (χ2v) is 5.03. The Bertz CT molecular complexity index is 536. The maximum Gasteiger partial charge on any atom is 0.274 e. The summed E-state index contributed by atoms with van der Waals surface area (Å²) in [5, 5.41) is 0. The molecule has 20 heavy (non-hydrogen) atoms. The van der Waals surface area contributed by atoms with Crippen LogP contribution in [0, 0.1) is 0 Å². The number of ether oxygens (including phenoxy) is 1. The fraction of sp³-hybridized carbons (Fsp3) is 0.400. The van der Waals surface area contributed by atoms with Gasteiger partial charge in [0.1, 0.15) is 0 Å².